The predicted molar refractivity (Wildman–Crippen MR) is 109 cm³/mol. The summed E-state index contributed by atoms with van der Waals surface area (Å²) in [7, 11) is 0. The van der Waals surface area contributed by atoms with Gasteiger partial charge in [-0.3, -0.25) is 9.59 Å². The van der Waals surface area contributed by atoms with E-state index in [9.17, 15) is 9.59 Å². The number of rotatable bonds is 3. The van der Waals surface area contributed by atoms with E-state index < -0.39 is 5.41 Å². The van der Waals surface area contributed by atoms with Crippen LogP contribution in [-0.2, 0) is 4.79 Å². The average Bonchev–Trinajstić information content (AvgIpc) is 3.03. The molecule has 1 aliphatic heterocycles. The summed E-state index contributed by atoms with van der Waals surface area (Å²) in [6, 6.07) is 14.7. The van der Waals surface area contributed by atoms with Crippen molar-refractivity contribution in [3.05, 3.63) is 59.4 Å². The molecule has 0 unspecified atom stereocenters. The normalized spacial score (nSPS) is 23.8. The standard InChI is InChI=1S/C23H24N4O2/c1-16-5-2-9-20(25-16)21(28)26-18-7-4-10-23(14-18)11-12-27(22(23)29)19-8-3-6-17(13-19)15-24/h2-3,5-6,8-9,13,18H,4,7,10-12,14H2,1H3,(H,26,28)/t18-,23+/m1/s1. The van der Waals surface area contributed by atoms with Gasteiger partial charge in [-0.05, 0) is 62.9 Å². The number of carbonyl (C=O) groups excluding carboxylic acids is 2. The molecular weight excluding hydrogens is 364 g/mol. The Morgan fingerprint density at radius 1 is 1.28 bits per heavy atom. The lowest BCUT2D eigenvalue weighted by atomic mass is 9.71. The number of hydrogen-bond acceptors (Lipinski definition) is 4. The fourth-order valence-corrected chi connectivity index (χ4v) is 4.65. The van der Waals surface area contributed by atoms with Crippen LogP contribution in [0.1, 0.15) is 53.8 Å². The largest absolute Gasteiger partial charge is 0.348 e. The van der Waals surface area contributed by atoms with Gasteiger partial charge in [0.15, 0.2) is 0 Å². The molecule has 6 heteroatoms. The summed E-state index contributed by atoms with van der Waals surface area (Å²) >= 11 is 0. The fraction of sp³-hybridized carbons (Fsp3) is 0.391. The van der Waals surface area contributed by atoms with Gasteiger partial charge in [-0.1, -0.05) is 18.6 Å². The summed E-state index contributed by atoms with van der Waals surface area (Å²) in [4.78, 5) is 32.0. The van der Waals surface area contributed by atoms with Crippen molar-refractivity contribution in [1.29, 1.82) is 5.26 Å². The number of aromatic nitrogens is 1. The SMILES string of the molecule is Cc1cccc(C(=O)N[C@@H]2CCC[C@]3(CCN(c4cccc(C#N)c4)C3=O)C2)n1. The highest BCUT2D eigenvalue weighted by Gasteiger charge is 2.49. The van der Waals surface area contributed by atoms with E-state index in [4.69, 9.17) is 5.26 Å². The number of benzene rings is 1. The molecule has 0 radical (unpaired) electrons. The first-order valence-electron chi connectivity index (χ1n) is 10.1. The van der Waals surface area contributed by atoms with E-state index >= 15 is 0 Å². The third-order valence-electron chi connectivity index (χ3n) is 6.10. The molecule has 1 N–H and O–H groups in total. The van der Waals surface area contributed by atoms with Crippen LogP contribution in [-0.4, -0.2) is 29.4 Å². The Labute approximate surface area is 170 Å². The lowest BCUT2D eigenvalue weighted by Crippen LogP contribution is -2.46. The number of amides is 2. The second kappa shape index (κ2) is 7.67. The van der Waals surface area contributed by atoms with Gasteiger partial charge in [0.25, 0.3) is 5.91 Å². The molecule has 4 rings (SSSR count). The molecule has 2 atom stereocenters. The zero-order valence-electron chi connectivity index (χ0n) is 16.5. The molecule has 2 heterocycles. The Hall–Kier alpha value is -3.20. The fourth-order valence-electron chi connectivity index (χ4n) is 4.65. The van der Waals surface area contributed by atoms with Gasteiger partial charge >= 0.3 is 0 Å². The minimum atomic E-state index is -0.432. The number of anilines is 1. The molecule has 0 bridgehead atoms. The van der Waals surface area contributed by atoms with Crippen LogP contribution in [0.3, 0.4) is 0 Å². The van der Waals surface area contributed by atoms with Gasteiger partial charge in [0.1, 0.15) is 5.69 Å². The lowest BCUT2D eigenvalue weighted by Gasteiger charge is -2.36. The van der Waals surface area contributed by atoms with Gasteiger partial charge in [-0.2, -0.15) is 5.26 Å². The van der Waals surface area contributed by atoms with Crippen LogP contribution in [0.4, 0.5) is 5.69 Å². The first kappa shape index (κ1) is 19.1. The molecule has 2 amide bonds. The van der Waals surface area contributed by atoms with E-state index in [0.29, 0.717) is 24.2 Å². The number of nitriles is 1. The Kier molecular flexibility index (Phi) is 5.06. The predicted octanol–water partition coefficient (Wildman–Crippen LogP) is 3.36. The highest BCUT2D eigenvalue weighted by Crippen LogP contribution is 2.46. The number of hydrogen-bond donors (Lipinski definition) is 1. The van der Waals surface area contributed by atoms with E-state index in [1.54, 1.807) is 23.1 Å². The molecule has 6 nitrogen and oxygen atoms in total. The van der Waals surface area contributed by atoms with E-state index in [0.717, 1.165) is 37.1 Å². The van der Waals surface area contributed by atoms with Crippen LogP contribution in [0, 0.1) is 23.7 Å². The lowest BCUT2D eigenvalue weighted by molar-refractivity contribution is -0.127. The van der Waals surface area contributed by atoms with Crippen molar-refractivity contribution in [3.63, 3.8) is 0 Å². The Morgan fingerprint density at radius 3 is 2.90 bits per heavy atom. The number of pyridine rings is 1. The second-order valence-corrected chi connectivity index (χ2v) is 8.08. The van der Waals surface area contributed by atoms with E-state index in [2.05, 4.69) is 16.4 Å². The van der Waals surface area contributed by atoms with Crippen molar-refractivity contribution >= 4 is 17.5 Å². The Morgan fingerprint density at radius 2 is 2.10 bits per heavy atom. The highest BCUT2D eigenvalue weighted by molar-refractivity contribution is 6.00. The molecule has 1 saturated carbocycles. The van der Waals surface area contributed by atoms with Gasteiger partial charge in [0.05, 0.1) is 17.0 Å². The molecule has 1 spiro atoms. The molecule has 29 heavy (non-hydrogen) atoms. The zero-order valence-corrected chi connectivity index (χ0v) is 16.5. The van der Waals surface area contributed by atoms with Crippen LogP contribution < -0.4 is 10.2 Å². The van der Waals surface area contributed by atoms with Crippen LogP contribution in [0.15, 0.2) is 42.5 Å². The summed E-state index contributed by atoms with van der Waals surface area (Å²) in [6.07, 6.45) is 4.05. The topological polar surface area (TPSA) is 86.1 Å². The number of nitrogens with one attached hydrogen (secondary N) is 1. The van der Waals surface area contributed by atoms with E-state index in [1.807, 2.05) is 31.2 Å². The van der Waals surface area contributed by atoms with Crippen molar-refractivity contribution in [2.24, 2.45) is 5.41 Å². The summed E-state index contributed by atoms with van der Waals surface area (Å²) < 4.78 is 0. The van der Waals surface area contributed by atoms with Gasteiger partial charge < -0.3 is 10.2 Å². The van der Waals surface area contributed by atoms with Crippen molar-refractivity contribution < 1.29 is 9.59 Å². The zero-order chi connectivity index (χ0) is 20.4. The molecule has 2 aromatic rings. The van der Waals surface area contributed by atoms with Crippen molar-refractivity contribution in [3.8, 4) is 6.07 Å². The molecule has 1 saturated heterocycles. The quantitative estimate of drug-likeness (QED) is 0.874. The molecule has 2 fully saturated rings. The van der Waals surface area contributed by atoms with Gasteiger partial charge in [0, 0.05) is 24.0 Å². The molecular formula is C23H24N4O2. The minimum absolute atomic E-state index is 0.0343. The van der Waals surface area contributed by atoms with Crippen molar-refractivity contribution in [1.82, 2.24) is 10.3 Å². The maximum Gasteiger partial charge on any atom is 0.270 e. The number of carbonyl (C=O) groups is 2. The average molecular weight is 388 g/mol. The molecule has 1 aliphatic carbocycles. The Bertz CT molecular complexity index is 996. The van der Waals surface area contributed by atoms with Crippen molar-refractivity contribution in [2.75, 3.05) is 11.4 Å². The summed E-state index contributed by atoms with van der Waals surface area (Å²) in [6.45, 7) is 2.51. The van der Waals surface area contributed by atoms with E-state index in [-0.39, 0.29) is 17.9 Å². The molecule has 2 aliphatic rings. The van der Waals surface area contributed by atoms with Crippen LogP contribution >= 0.6 is 0 Å². The van der Waals surface area contributed by atoms with Crippen LogP contribution in [0.2, 0.25) is 0 Å². The summed E-state index contributed by atoms with van der Waals surface area (Å²) in [5.41, 5.74) is 2.12. The van der Waals surface area contributed by atoms with Crippen LogP contribution in [0.5, 0.6) is 0 Å². The second-order valence-electron chi connectivity index (χ2n) is 8.08. The van der Waals surface area contributed by atoms with Gasteiger partial charge in [-0.25, -0.2) is 4.98 Å². The monoisotopic (exact) mass is 388 g/mol. The molecule has 1 aromatic heterocycles. The first-order valence-corrected chi connectivity index (χ1v) is 10.1. The first-order chi connectivity index (χ1) is 14.0. The van der Waals surface area contributed by atoms with Gasteiger partial charge in [-0.15, -0.1) is 0 Å². The smallest absolute Gasteiger partial charge is 0.270 e. The maximum atomic E-state index is 13.3. The summed E-state index contributed by atoms with van der Waals surface area (Å²) in [5, 5.41) is 12.2. The Balaban J connectivity index is 1.48. The van der Waals surface area contributed by atoms with Crippen LogP contribution in [0.25, 0.3) is 0 Å². The maximum absolute atomic E-state index is 13.3. The van der Waals surface area contributed by atoms with E-state index in [1.165, 1.54) is 0 Å². The highest BCUT2D eigenvalue weighted by atomic mass is 16.2. The van der Waals surface area contributed by atoms with Crippen molar-refractivity contribution in [2.45, 2.75) is 45.1 Å². The molecule has 148 valence electrons. The summed E-state index contributed by atoms with van der Waals surface area (Å²) in [5.74, 6) is -0.0695. The third-order valence-corrected chi connectivity index (χ3v) is 6.10. The third kappa shape index (κ3) is 3.73. The number of nitrogens with zero attached hydrogens (tertiary/aromatic N) is 3. The molecule has 1 aromatic carbocycles. The van der Waals surface area contributed by atoms with Gasteiger partial charge in [0.2, 0.25) is 5.91 Å². The number of aryl methyl sites for hydroxylation is 1. The minimum Gasteiger partial charge on any atom is -0.348 e.